The zero-order chi connectivity index (χ0) is 7.98. The number of hydrogen-bond acceptors (Lipinski definition) is 1. The lowest BCUT2D eigenvalue weighted by Crippen LogP contribution is -2.25. The van der Waals surface area contributed by atoms with Crippen molar-refractivity contribution in [2.75, 3.05) is 13.2 Å². The summed E-state index contributed by atoms with van der Waals surface area (Å²) in [5, 5.41) is 2.39. The molecule has 0 radical (unpaired) electrons. The summed E-state index contributed by atoms with van der Waals surface area (Å²) in [6, 6.07) is 0. The molecule has 0 aliphatic carbocycles. The molecule has 0 saturated heterocycles. The van der Waals surface area contributed by atoms with Crippen LogP contribution in [0.4, 0.5) is 4.39 Å². The highest BCUT2D eigenvalue weighted by Gasteiger charge is 2.02. The van der Waals surface area contributed by atoms with Gasteiger partial charge in [0, 0.05) is 12.1 Å². The standard InChI is InChI=1S/C7H10FNO/c1-3-4-9-7(10)6(2)5-8/h3H,1-2,4-5H2,(H,9,10). The molecule has 56 valence electrons. The Hall–Kier alpha value is -1.12. The van der Waals surface area contributed by atoms with Crippen LogP contribution in [0.5, 0.6) is 0 Å². The minimum atomic E-state index is -0.803. The maximum Gasteiger partial charge on any atom is 0.249 e. The van der Waals surface area contributed by atoms with Crippen LogP contribution in [0.15, 0.2) is 24.8 Å². The summed E-state index contributed by atoms with van der Waals surface area (Å²) in [5.41, 5.74) is -0.0538. The monoisotopic (exact) mass is 143 g/mol. The second kappa shape index (κ2) is 4.73. The fourth-order valence-corrected chi connectivity index (χ4v) is 0.351. The predicted molar refractivity (Wildman–Crippen MR) is 38.3 cm³/mol. The van der Waals surface area contributed by atoms with E-state index in [4.69, 9.17) is 0 Å². The van der Waals surface area contributed by atoms with E-state index in [1.54, 1.807) is 0 Å². The maximum atomic E-state index is 11.7. The summed E-state index contributed by atoms with van der Waals surface area (Å²) in [6.07, 6.45) is 1.52. The second-order valence-corrected chi connectivity index (χ2v) is 1.74. The van der Waals surface area contributed by atoms with Gasteiger partial charge in [0.25, 0.3) is 0 Å². The molecule has 0 spiro atoms. The van der Waals surface area contributed by atoms with Crippen molar-refractivity contribution in [3.8, 4) is 0 Å². The Morgan fingerprint density at radius 3 is 2.70 bits per heavy atom. The van der Waals surface area contributed by atoms with Crippen molar-refractivity contribution in [2.45, 2.75) is 0 Å². The Morgan fingerprint density at radius 1 is 1.70 bits per heavy atom. The van der Waals surface area contributed by atoms with E-state index in [-0.39, 0.29) is 5.57 Å². The van der Waals surface area contributed by atoms with E-state index in [0.29, 0.717) is 6.54 Å². The highest BCUT2D eigenvalue weighted by atomic mass is 19.1. The van der Waals surface area contributed by atoms with Crippen LogP contribution in [0.3, 0.4) is 0 Å². The molecule has 0 aromatic rings. The molecule has 0 bridgehead atoms. The number of carbonyl (C=O) groups is 1. The Bertz CT molecular complexity index is 154. The van der Waals surface area contributed by atoms with Gasteiger partial charge < -0.3 is 5.32 Å². The van der Waals surface area contributed by atoms with Crippen molar-refractivity contribution in [3.05, 3.63) is 24.8 Å². The van der Waals surface area contributed by atoms with Gasteiger partial charge in [-0.3, -0.25) is 4.79 Å². The van der Waals surface area contributed by atoms with Crippen LogP contribution < -0.4 is 5.32 Å². The van der Waals surface area contributed by atoms with E-state index in [1.165, 1.54) is 6.08 Å². The average Bonchev–Trinajstić information content (AvgIpc) is 1.98. The number of nitrogens with one attached hydrogen (secondary N) is 1. The van der Waals surface area contributed by atoms with Crippen molar-refractivity contribution < 1.29 is 9.18 Å². The Balaban J connectivity index is 3.62. The van der Waals surface area contributed by atoms with Gasteiger partial charge in [-0.1, -0.05) is 12.7 Å². The lowest BCUT2D eigenvalue weighted by Gasteiger charge is -1.99. The van der Waals surface area contributed by atoms with Gasteiger partial charge in [0.2, 0.25) is 5.91 Å². The molecule has 0 aliphatic rings. The van der Waals surface area contributed by atoms with Crippen LogP contribution in [-0.4, -0.2) is 19.1 Å². The predicted octanol–water partition coefficient (Wildman–Crippen LogP) is 0.814. The number of amides is 1. The maximum absolute atomic E-state index is 11.7. The fourth-order valence-electron chi connectivity index (χ4n) is 0.351. The normalized spacial score (nSPS) is 8.50. The van der Waals surface area contributed by atoms with Crippen LogP contribution in [0.2, 0.25) is 0 Å². The molecule has 10 heavy (non-hydrogen) atoms. The topological polar surface area (TPSA) is 29.1 Å². The van der Waals surface area contributed by atoms with Crippen molar-refractivity contribution >= 4 is 5.91 Å². The summed E-state index contributed by atoms with van der Waals surface area (Å²) in [5.74, 6) is -0.456. The minimum absolute atomic E-state index is 0.0538. The molecule has 3 heteroatoms. The Morgan fingerprint density at radius 2 is 2.30 bits per heavy atom. The lowest BCUT2D eigenvalue weighted by atomic mass is 10.3. The SMILES string of the molecule is C=CCNC(=O)C(=C)CF. The molecule has 1 N–H and O–H groups in total. The second-order valence-electron chi connectivity index (χ2n) is 1.74. The highest BCUT2D eigenvalue weighted by molar-refractivity contribution is 5.92. The Labute approximate surface area is 59.4 Å². The van der Waals surface area contributed by atoms with Crippen LogP contribution >= 0.6 is 0 Å². The molecule has 0 atom stereocenters. The number of halogens is 1. The first kappa shape index (κ1) is 8.88. The molecular weight excluding hydrogens is 133 g/mol. The lowest BCUT2D eigenvalue weighted by molar-refractivity contribution is -0.117. The smallest absolute Gasteiger partial charge is 0.249 e. The first-order valence-electron chi connectivity index (χ1n) is 2.85. The molecule has 0 aromatic carbocycles. The molecular formula is C7H10FNO. The largest absolute Gasteiger partial charge is 0.349 e. The van der Waals surface area contributed by atoms with Crippen molar-refractivity contribution in [1.29, 1.82) is 0 Å². The zero-order valence-corrected chi connectivity index (χ0v) is 5.69. The van der Waals surface area contributed by atoms with Crippen LogP contribution in [0.1, 0.15) is 0 Å². The van der Waals surface area contributed by atoms with Gasteiger partial charge >= 0.3 is 0 Å². The van der Waals surface area contributed by atoms with E-state index >= 15 is 0 Å². The van der Waals surface area contributed by atoms with E-state index in [2.05, 4.69) is 18.5 Å². The number of carbonyl (C=O) groups excluding carboxylic acids is 1. The summed E-state index contributed by atoms with van der Waals surface area (Å²) in [4.78, 5) is 10.6. The van der Waals surface area contributed by atoms with Crippen molar-refractivity contribution in [3.63, 3.8) is 0 Å². The van der Waals surface area contributed by atoms with Gasteiger partial charge in [-0.2, -0.15) is 0 Å². The van der Waals surface area contributed by atoms with E-state index in [1.807, 2.05) is 0 Å². The third kappa shape index (κ3) is 3.02. The summed E-state index contributed by atoms with van der Waals surface area (Å²) < 4.78 is 11.7. The van der Waals surface area contributed by atoms with Crippen molar-refractivity contribution in [2.24, 2.45) is 0 Å². The molecule has 0 heterocycles. The van der Waals surface area contributed by atoms with Gasteiger partial charge in [0.1, 0.15) is 6.67 Å². The molecule has 0 unspecified atom stereocenters. The number of hydrogen-bond donors (Lipinski definition) is 1. The van der Waals surface area contributed by atoms with Gasteiger partial charge in [-0.05, 0) is 0 Å². The van der Waals surface area contributed by atoms with Crippen molar-refractivity contribution in [1.82, 2.24) is 5.32 Å². The third-order valence-electron chi connectivity index (χ3n) is 0.889. The van der Waals surface area contributed by atoms with Gasteiger partial charge in [0.15, 0.2) is 0 Å². The molecule has 0 aliphatic heterocycles. The molecule has 0 aromatic heterocycles. The summed E-state index contributed by atoms with van der Waals surface area (Å²) in [7, 11) is 0. The van der Waals surface area contributed by atoms with Gasteiger partial charge in [-0.15, -0.1) is 6.58 Å². The van der Waals surface area contributed by atoms with Crippen LogP contribution in [-0.2, 0) is 4.79 Å². The molecule has 1 amide bonds. The highest BCUT2D eigenvalue weighted by Crippen LogP contribution is 1.89. The zero-order valence-electron chi connectivity index (χ0n) is 5.69. The van der Waals surface area contributed by atoms with E-state index in [0.717, 1.165) is 0 Å². The van der Waals surface area contributed by atoms with E-state index < -0.39 is 12.6 Å². The molecule has 0 rings (SSSR count). The molecule has 0 saturated carbocycles. The number of rotatable bonds is 4. The van der Waals surface area contributed by atoms with E-state index in [9.17, 15) is 9.18 Å². The average molecular weight is 143 g/mol. The fraction of sp³-hybridized carbons (Fsp3) is 0.286. The Kier molecular flexibility index (Phi) is 4.20. The minimum Gasteiger partial charge on any atom is -0.349 e. The summed E-state index contributed by atoms with van der Waals surface area (Å²) in [6.45, 7) is 6.13. The van der Waals surface area contributed by atoms with Gasteiger partial charge in [-0.25, -0.2) is 4.39 Å². The molecule has 2 nitrogen and oxygen atoms in total. The third-order valence-corrected chi connectivity index (χ3v) is 0.889. The summed E-state index contributed by atoms with van der Waals surface area (Å²) >= 11 is 0. The first-order valence-corrected chi connectivity index (χ1v) is 2.85. The van der Waals surface area contributed by atoms with Crippen LogP contribution in [0.25, 0.3) is 0 Å². The first-order chi connectivity index (χ1) is 4.72. The quantitative estimate of drug-likeness (QED) is 0.458. The number of alkyl halides is 1. The van der Waals surface area contributed by atoms with Gasteiger partial charge in [0.05, 0.1) is 0 Å². The molecule has 0 fully saturated rings. The van der Waals surface area contributed by atoms with Crippen LogP contribution in [0, 0.1) is 0 Å².